The standard InChI is InChI=1S/C22H34O8/c1-11(23)29-10-21(27)12-4-5-13-19-9-30-22(28,20(13,8-12)17(21)26)16(25)15(19)18(2,3)7-6-14(19)24/h12-17,24-28H,4-10H2,1-3H3/t12-,13+,14-,15-,16+,17+,19-,20+,21-,22-/m1/s1. The van der Waals surface area contributed by atoms with Gasteiger partial charge in [-0.25, -0.2) is 0 Å². The third-order valence-electron chi connectivity index (χ3n) is 9.86. The molecule has 30 heavy (non-hydrogen) atoms. The first-order valence-electron chi connectivity index (χ1n) is 11.1. The highest BCUT2D eigenvalue weighted by Gasteiger charge is 2.86. The van der Waals surface area contributed by atoms with Gasteiger partial charge < -0.3 is 35.0 Å². The van der Waals surface area contributed by atoms with Gasteiger partial charge >= 0.3 is 5.97 Å². The maximum atomic E-state index is 11.9. The van der Waals surface area contributed by atoms with Crippen LogP contribution in [0.3, 0.4) is 0 Å². The van der Waals surface area contributed by atoms with Gasteiger partial charge in [0.25, 0.3) is 0 Å². The largest absolute Gasteiger partial charge is 0.463 e. The SMILES string of the molecule is CC(=O)OC[C@@]1(O)[C@@H]2CC[C@H]3[C@@]45CO[C@](O)([C@@H](O)[C@@H]4C(C)(C)CC[C@H]5O)[C@]3(C2)[C@@H]1O. The summed E-state index contributed by atoms with van der Waals surface area (Å²) in [5, 5.41) is 57.7. The van der Waals surface area contributed by atoms with Crippen molar-refractivity contribution in [3.05, 3.63) is 0 Å². The molecule has 2 saturated heterocycles. The van der Waals surface area contributed by atoms with Crippen molar-refractivity contribution in [1.29, 1.82) is 0 Å². The van der Waals surface area contributed by atoms with Crippen LogP contribution in [0.5, 0.6) is 0 Å². The molecule has 0 aromatic rings. The van der Waals surface area contributed by atoms with Gasteiger partial charge in [-0.2, -0.15) is 0 Å². The van der Waals surface area contributed by atoms with Crippen LogP contribution in [-0.4, -0.2) is 74.4 Å². The van der Waals surface area contributed by atoms with Gasteiger partial charge in [-0.1, -0.05) is 13.8 Å². The summed E-state index contributed by atoms with van der Waals surface area (Å²) in [7, 11) is 0. The summed E-state index contributed by atoms with van der Waals surface area (Å²) in [6, 6.07) is 0. The van der Waals surface area contributed by atoms with Gasteiger partial charge in [0.2, 0.25) is 5.79 Å². The van der Waals surface area contributed by atoms with Crippen molar-refractivity contribution < 1.29 is 39.8 Å². The van der Waals surface area contributed by atoms with Crippen LogP contribution in [0.4, 0.5) is 0 Å². The second kappa shape index (κ2) is 5.97. The molecule has 2 heterocycles. The minimum Gasteiger partial charge on any atom is -0.463 e. The molecule has 8 heteroatoms. The predicted octanol–water partition coefficient (Wildman–Crippen LogP) is -0.0654. The van der Waals surface area contributed by atoms with E-state index in [1.165, 1.54) is 6.92 Å². The van der Waals surface area contributed by atoms with Crippen molar-refractivity contribution in [3.63, 3.8) is 0 Å². The van der Waals surface area contributed by atoms with Crippen molar-refractivity contribution in [2.75, 3.05) is 13.2 Å². The van der Waals surface area contributed by atoms with E-state index in [1.54, 1.807) is 0 Å². The molecule has 6 aliphatic rings. The van der Waals surface area contributed by atoms with Gasteiger partial charge in [0.15, 0.2) is 0 Å². The Morgan fingerprint density at radius 3 is 2.50 bits per heavy atom. The minimum absolute atomic E-state index is 0.113. The monoisotopic (exact) mass is 426 g/mol. The van der Waals surface area contributed by atoms with E-state index in [4.69, 9.17) is 9.47 Å². The van der Waals surface area contributed by atoms with Crippen LogP contribution in [0, 0.1) is 34.0 Å². The lowest BCUT2D eigenvalue weighted by Crippen LogP contribution is -2.84. The molecule has 0 aromatic carbocycles. The molecule has 4 aliphatic carbocycles. The van der Waals surface area contributed by atoms with Crippen molar-refractivity contribution in [2.45, 2.75) is 82.6 Å². The van der Waals surface area contributed by atoms with E-state index in [9.17, 15) is 30.3 Å². The topological polar surface area (TPSA) is 137 Å². The van der Waals surface area contributed by atoms with Gasteiger partial charge in [-0.15, -0.1) is 0 Å². The fraction of sp³-hybridized carbons (Fsp3) is 0.955. The number of hydrogen-bond acceptors (Lipinski definition) is 8. The number of ether oxygens (including phenoxy) is 2. The molecule has 0 unspecified atom stereocenters. The highest BCUT2D eigenvalue weighted by molar-refractivity contribution is 5.66. The molecule has 4 bridgehead atoms. The molecule has 2 spiro atoms. The van der Waals surface area contributed by atoms with Gasteiger partial charge in [0.1, 0.15) is 18.3 Å². The molecule has 4 saturated carbocycles. The maximum Gasteiger partial charge on any atom is 0.302 e. The summed E-state index contributed by atoms with van der Waals surface area (Å²) in [6.45, 7) is 5.09. The summed E-state index contributed by atoms with van der Waals surface area (Å²) in [6.07, 6.45) is -0.819. The zero-order valence-corrected chi connectivity index (χ0v) is 17.9. The van der Waals surface area contributed by atoms with Crippen LogP contribution >= 0.6 is 0 Å². The third-order valence-corrected chi connectivity index (χ3v) is 9.86. The first kappa shape index (κ1) is 21.1. The molecule has 0 aromatic heterocycles. The number of rotatable bonds is 2. The molecular formula is C22H34O8. The summed E-state index contributed by atoms with van der Waals surface area (Å²) >= 11 is 0. The van der Waals surface area contributed by atoms with Crippen molar-refractivity contribution in [2.24, 2.45) is 34.0 Å². The quantitative estimate of drug-likeness (QED) is 0.387. The molecule has 10 atom stereocenters. The second-order valence-corrected chi connectivity index (χ2v) is 11.3. The highest BCUT2D eigenvalue weighted by atomic mass is 16.6. The van der Waals surface area contributed by atoms with E-state index in [2.05, 4.69) is 13.8 Å². The van der Waals surface area contributed by atoms with Gasteiger partial charge in [-0.3, -0.25) is 4.79 Å². The Bertz CT molecular complexity index is 770. The number of aliphatic hydroxyl groups excluding tert-OH is 3. The molecule has 8 nitrogen and oxygen atoms in total. The van der Waals surface area contributed by atoms with Gasteiger partial charge in [0, 0.05) is 18.3 Å². The Kier molecular flexibility index (Phi) is 4.20. The smallest absolute Gasteiger partial charge is 0.302 e. The van der Waals surface area contributed by atoms with Crippen LogP contribution < -0.4 is 0 Å². The van der Waals surface area contributed by atoms with E-state index in [-0.39, 0.29) is 31.0 Å². The number of fused-ring (bicyclic) bond motifs is 2. The zero-order valence-electron chi connectivity index (χ0n) is 17.9. The Balaban J connectivity index is 1.67. The molecule has 0 radical (unpaired) electrons. The maximum absolute atomic E-state index is 11.9. The summed E-state index contributed by atoms with van der Waals surface area (Å²) in [4.78, 5) is 11.4. The van der Waals surface area contributed by atoms with Crippen molar-refractivity contribution in [3.8, 4) is 0 Å². The lowest BCUT2D eigenvalue weighted by Gasteiger charge is -2.75. The van der Waals surface area contributed by atoms with Crippen LogP contribution in [0.2, 0.25) is 0 Å². The number of carbonyl (C=O) groups is 1. The summed E-state index contributed by atoms with van der Waals surface area (Å²) < 4.78 is 11.0. The second-order valence-electron chi connectivity index (χ2n) is 11.3. The van der Waals surface area contributed by atoms with Gasteiger partial charge in [0.05, 0.1) is 24.2 Å². The average molecular weight is 427 g/mol. The van der Waals surface area contributed by atoms with Crippen LogP contribution in [-0.2, 0) is 14.3 Å². The average Bonchev–Trinajstić information content (AvgIpc) is 2.84. The fourth-order valence-electron chi connectivity index (χ4n) is 8.71. The molecule has 6 rings (SSSR count). The Morgan fingerprint density at radius 1 is 1.13 bits per heavy atom. The molecule has 5 N–H and O–H groups in total. The molecule has 0 amide bonds. The fourth-order valence-corrected chi connectivity index (χ4v) is 8.71. The van der Waals surface area contributed by atoms with Crippen molar-refractivity contribution in [1.82, 2.24) is 0 Å². The number of esters is 1. The van der Waals surface area contributed by atoms with E-state index in [0.29, 0.717) is 19.3 Å². The van der Waals surface area contributed by atoms with Gasteiger partial charge in [-0.05, 0) is 49.4 Å². The highest BCUT2D eigenvalue weighted by Crippen LogP contribution is 2.77. The molecular weight excluding hydrogens is 392 g/mol. The summed E-state index contributed by atoms with van der Waals surface area (Å²) in [5.74, 6) is -3.74. The van der Waals surface area contributed by atoms with Crippen LogP contribution in [0.25, 0.3) is 0 Å². The number of hydrogen-bond donors (Lipinski definition) is 5. The summed E-state index contributed by atoms with van der Waals surface area (Å²) in [5.41, 5.74) is -4.22. The predicted molar refractivity (Wildman–Crippen MR) is 103 cm³/mol. The van der Waals surface area contributed by atoms with Crippen LogP contribution in [0.1, 0.15) is 52.9 Å². The lowest BCUT2D eigenvalue weighted by molar-refractivity contribution is -0.468. The number of carbonyl (C=O) groups excluding carboxylic acids is 1. The number of aliphatic hydroxyl groups is 5. The lowest BCUT2D eigenvalue weighted by atomic mass is 9.36. The van der Waals surface area contributed by atoms with E-state index in [0.717, 1.165) is 6.42 Å². The van der Waals surface area contributed by atoms with Crippen molar-refractivity contribution >= 4 is 5.97 Å². The zero-order chi connectivity index (χ0) is 21.9. The molecule has 170 valence electrons. The normalized spacial score (nSPS) is 58.1. The Hall–Kier alpha value is -0.770. The third kappa shape index (κ3) is 2.07. The first-order valence-corrected chi connectivity index (χ1v) is 11.1. The Morgan fingerprint density at radius 2 is 1.83 bits per heavy atom. The van der Waals surface area contributed by atoms with Crippen LogP contribution in [0.15, 0.2) is 0 Å². The van der Waals surface area contributed by atoms with E-state index in [1.807, 2.05) is 0 Å². The minimum atomic E-state index is -2.04. The molecule has 2 aliphatic heterocycles. The molecule has 6 fully saturated rings. The Labute approximate surface area is 176 Å². The van der Waals surface area contributed by atoms with E-state index < -0.39 is 58.3 Å². The van der Waals surface area contributed by atoms with E-state index >= 15 is 0 Å². The first-order chi connectivity index (χ1) is 13.9.